The summed E-state index contributed by atoms with van der Waals surface area (Å²) in [6, 6.07) is 5.06. The van der Waals surface area contributed by atoms with Crippen LogP contribution in [0.4, 0.5) is 14.7 Å². The van der Waals surface area contributed by atoms with E-state index in [9.17, 15) is 8.78 Å². The smallest absolute Gasteiger partial charge is 0.202 e. The number of benzene rings is 1. The van der Waals surface area contributed by atoms with Crippen LogP contribution < -0.4 is 5.73 Å². The standard InChI is InChI=1S/C13H9BrF2N4/c14-8-4-11-12(18-5-8)20(13(17)19-11)6-7-3-9(15)1-2-10(7)16/h1-5H,6H2,(H2,17,19). The predicted molar refractivity (Wildman–Crippen MR) is 75.1 cm³/mol. The third-order valence-electron chi connectivity index (χ3n) is 2.92. The van der Waals surface area contributed by atoms with Crippen molar-refractivity contribution in [1.29, 1.82) is 0 Å². The molecule has 2 heterocycles. The lowest BCUT2D eigenvalue weighted by Crippen LogP contribution is -2.07. The molecule has 1 aromatic carbocycles. The van der Waals surface area contributed by atoms with Gasteiger partial charge < -0.3 is 5.73 Å². The van der Waals surface area contributed by atoms with Gasteiger partial charge in [0.25, 0.3) is 0 Å². The monoisotopic (exact) mass is 338 g/mol. The maximum atomic E-state index is 13.7. The number of fused-ring (bicyclic) bond motifs is 1. The Hall–Kier alpha value is -2.02. The molecule has 0 amide bonds. The minimum atomic E-state index is -0.500. The number of aromatic nitrogens is 3. The van der Waals surface area contributed by atoms with Crippen LogP contribution in [0, 0.1) is 11.6 Å². The Labute approximate surface area is 121 Å². The van der Waals surface area contributed by atoms with E-state index >= 15 is 0 Å². The maximum Gasteiger partial charge on any atom is 0.202 e. The molecule has 0 aliphatic carbocycles. The van der Waals surface area contributed by atoms with Crippen molar-refractivity contribution in [3.8, 4) is 0 Å². The Bertz CT molecular complexity index is 800. The number of imidazole rings is 1. The van der Waals surface area contributed by atoms with Crippen LogP contribution in [0.3, 0.4) is 0 Å². The van der Waals surface area contributed by atoms with Gasteiger partial charge in [0.2, 0.25) is 5.95 Å². The molecule has 0 aliphatic rings. The highest BCUT2D eigenvalue weighted by molar-refractivity contribution is 9.10. The molecular formula is C13H9BrF2N4. The molecule has 3 rings (SSSR count). The van der Waals surface area contributed by atoms with E-state index in [1.165, 1.54) is 0 Å². The van der Waals surface area contributed by atoms with Crippen molar-refractivity contribution < 1.29 is 8.78 Å². The number of nitrogens with zero attached hydrogens (tertiary/aromatic N) is 3. The molecule has 0 spiro atoms. The highest BCUT2D eigenvalue weighted by Gasteiger charge is 2.12. The number of halogens is 3. The fourth-order valence-corrected chi connectivity index (χ4v) is 2.31. The lowest BCUT2D eigenvalue weighted by molar-refractivity contribution is 0.579. The first-order valence-corrected chi connectivity index (χ1v) is 6.55. The first-order valence-electron chi connectivity index (χ1n) is 5.76. The number of hydrogen-bond donors (Lipinski definition) is 1. The van der Waals surface area contributed by atoms with E-state index in [4.69, 9.17) is 5.73 Å². The molecular weight excluding hydrogens is 330 g/mol. The van der Waals surface area contributed by atoms with Crippen LogP contribution in [0.5, 0.6) is 0 Å². The summed E-state index contributed by atoms with van der Waals surface area (Å²) in [6.45, 7) is 0.0700. The molecule has 102 valence electrons. The van der Waals surface area contributed by atoms with E-state index in [1.54, 1.807) is 16.8 Å². The van der Waals surface area contributed by atoms with Crippen LogP contribution in [0.25, 0.3) is 11.2 Å². The zero-order chi connectivity index (χ0) is 14.3. The summed E-state index contributed by atoms with van der Waals surface area (Å²) in [5.41, 5.74) is 7.13. The highest BCUT2D eigenvalue weighted by atomic mass is 79.9. The van der Waals surface area contributed by atoms with E-state index in [1.807, 2.05) is 0 Å². The molecule has 20 heavy (non-hydrogen) atoms. The average molecular weight is 339 g/mol. The van der Waals surface area contributed by atoms with Crippen molar-refractivity contribution in [2.75, 3.05) is 5.73 Å². The lowest BCUT2D eigenvalue weighted by Gasteiger charge is -2.07. The molecule has 0 bridgehead atoms. The second-order valence-electron chi connectivity index (χ2n) is 4.29. The van der Waals surface area contributed by atoms with Crippen molar-refractivity contribution >= 4 is 33.0 Å². The molecule has 0 unspecified atom stereocenters. The molecule has 0 aliphatic heterocycles. The Morgan fingerprint density at radius 3 is 2.85 bits per heavy atom. The summed E-state index contributed by atoms with van der Waals surface area (Å²) in [5, 5.41) is 0. The van der Waals surface area contributed by atoms with Gasteiger partial charge in [-0.1, -0.05) is 0 Å². The zero-order valence-electron chi connectivity index (χ0n) is 10.1. The molecule has 3 aromatic rings. The van der Waals surface area contributed by atoms with Gasteiger partial charge in [-0.3, -0.25) is 4.57 Å². The number of pyridine rings is 1. The van der Waals surface area contributed by atoms with Gasteiger partial charge in [0.05, 0.1) is 6.54 Å². The number of rotatable bonds is 2. The lowest BCUT2D eigenvalue weighted by atomic mass is 10.2. The van der Waals surface area contributed by atoms with Crippen LogP contribution in [-0.2, 0) is 6.54 Å². The summed E-state index contributed by atoms with van der Waals surface area (Å²) in [7, 11) is 0. The van der Waals surface area contributed by atoms with Gasteiger partial charge in [-0.25, -0.2) is 18.7 Å². The van der Waals surface area contributed by atoms with Crippen molar-refractivity contribution in [3.05, 3.63) is 52.1 Å². The van der Waals surface area contributed by atoms with Crippen LogP contribution in [-0.4, -0.2) is 14.5 Å². The van der Waals surface area contributed by atoms with Gasteiger partial charge in [-0.2, -0.15) is 0 Å². The van der Waals surface area contributed by atoms with Gasteiger partial charge in [-0.15, -0.1) is 0 Å². The maximum absolute atomic E-state index is 13.7. The summed E-state index contributed by atoms with van der Waals surface area (Å²) in [4.78, 5) is 8.36. The average Bonchev–Trinajstić information content (AvgIpc) is 2.69. The number of nitrogens with two attached hydrogens (primary N) is 1. The molecule has 0 atom stereocenters. The van der Waals surface area contributed by atoms with Gasteiger partial charge in [0.15, 0.2) is 5.65 Å². The number of nitrogen functional groups attached to an aromatic ring is 1. The van der Waals surface area contributed by atoms with Crippen molar-refractivity contribution in [1.82, 2.24) is 14.5 Å². The minimum Gasteiger partial charge on any atom is -0.369 e. The molecule has 2 N–H and O–H groups in total. The molecule has 7 heteroatoms. The molecule has 0 fully saturated rings. The first-order chi connectivity index (χ1) is 9.54. The fraction of sp³-hybridized carbons (Fsp3) is 0.0769. The highest BCUT2D eigenvalue weighted by Crippen LogP contribution is 2.21. The van der Waals surface area contributed by atoms with Crippen molar-refractivity contribution in [2.45, 2.75) is 6.54 Å². The van der Waals surface area contributed by atoms with Gasteiger partial charge in [-0.05, 0) is 40.2 Å². The molecule has 2 aromatic heterocycles. The van der Waals surface area contributed by atoms with Crippen LogP contribution >= 0.6 is 15.9 Å². The Morgan fingerprint density at radius 1 is 1.25 bits per heavy atom. The minimum absolute atomic E-state index is 0.0700. The third kappa shape index (κ3) is 2.24. The third-order valence-corrected chi connectivity index (χ3v) is 3.35. The quantitative estimate of drug-likeness (QED) is 0.781. The Balaban J connectivity index is 2.10. The SMILES string of the molecule is Nc1nc2cc(Br)cnc2n1Cc1cc(F)ccc1F. The molecule has 4 nitrogen and oxygen atoms in total. The summed E-state index contributed by atoms with van der Waals surface area (Å²) < 4.78 is 29.2. The number of anilines is 1. The van der Waals surface area contributed by atoms with E-state index < -0.39 is 11.6 Å². The normalized spacial score (nSPS) is 11.2. The van der Waals surface area contributed by atoms with Gasteiger partial charge in [0.1, 0.15) is 17.2 Å². The van der Waals surface area contributed by atoms with E-state index in [0.29, 0.717) is 11.2 Å². The van der Waals surface area contributed by atoms with E-state index in [-0.39, 0.29) is 18.1 Å². The largest absolute Gasteiger partial charge is 0.369 e. The van der Waals surface area contributed by atoms with Crippen LogP contribution in [0.2, 0.25) is 0 Å². The van der Waals surface area contributed by atoms with Crippen LogP contribution in [0.15, 0.2) is 34.9 Å². The molecule has 0 radical (unpaired) electrons. The van der Waals surface area contributed by atoms with E-state index in [2.05, 4.69) is 25.9 Å². The van der Waals surface area contributed by atoms with Gasteiger partial charge >= 0.3 is 0 Å². The fourth-order valence-electron chi connectivity index (χ4n) is 1.99. The van der Waals surface area contributed by atoms with Gasteiger partial charge in [0, 0.05) is 16.2 Å². The van der Waals surface area contributed by atoms with Crippen LogP contribution in [0.1, 0.15) is 5.56 Å². The second kappa shape index (κ2) is 4.82. The predicted octanol–water partition coefficient (Wildman–Crippen LogP) is 3.10. The van der Waals surface area contributed by atoms with Crippen molar-refractivity contribution in [3.63, 3.8) is 0 Å². The van der Waals surface area contributed by atoms with E-state index in [0.717, 1.165) is 22.7 Å². The molecule has 0 saturated heterocycles. The Morgan fingerprint density at radius 2 is 2.05 bits per heavy atom. The topological polar surface area (TPSA) is 56.7 Å². The number of hydrogen-bond acceptors (Lipinski definition) is 3. The molecule has 0 saturated carbocycles. The zero-order valence-corrected chi connectivity index (χ0v) is 11.7. The summed E-state index contributed by atoms with van der Waals surface area (Å²) in [6.07, 6.45) is 1.60. The van der Waals surface area contributed by atoms with Crippen molar-refractivity contribution in [2.24, 2.45) is 0 Å². The summed E-state index contributed by atoms with van der Waals surface area (Å²) in [5.74, 6) is -0.792. The second-order valence-corrected chi connectivity index (χ2v) is 5.20. The first kappa shape index (κ1) is 13.0. The Kier molecular flexibility index (Phi) is 3.13. The summed E-state index contributed by atoms with van der Waals surface area (Å²) >= 11 is 3.29.